The van der Waals surface area contributed by atoms with E-state index < -0.39 is 5.97 Å². The van der Waals surface area contributed by atoms with E-state index in [0.717, 1.165) is 24.9 Å². The fraction of sp³-hybridized carbons (Fsp3) is 0.500. The zero-order chi connectivity index (χ0) is 17.2. The Bertz CT molecular complexity index is 728. The summed E-state index contributed by atoms with van der Waals surface area (Å²) >= 11 is 0. The minimum Gasteiger partial charge on any atom is -0.480 e. The number of aromatic nitrogens is 2. The molecule has 1 aliphatic heterocycles. The van der Waals surface area contributed by atoms with Crippen LogP contribution in [0, 0.1) is 5.92 Å². The molecule has 1 saturated carbocycles. The summed E-state index contributed by atoms with van der Waals surface area (Å²) in [7, 11) is 0. The number of hydrogen-bond acceptors (Lipinski definition) is 3. The second-order valence-electron chi connectivity index (χ2n) is 7.41. The number of nitrogens with zero attached hydrogens (tertiary/aromatic N) is 3. The van der Waals surface area contributed by atoms with Gasteiger partial charge in [0.1, 0.15) is 6.04 Å². The van der Waals surface area contributed by atoms with Crippen LogP contribution in [0.5, 0.6) is 0 Å². The van der Waals surface area contributed by atoms with E-state index in [1.807, 2.05) is 29.1 Å². The number of carboxylic acids is 1. The molecule has 1 saturated heterocycles. The molecule has 0 amide bonds. The molecule has 25 heavy (non-hydrogen) atoms. The average Bonchev–Trinajstić information content (AvgIpc) is 3.21. The van der Waals surface area contributed by atoms with Gasteiger partial charge in [-0.25, -0.2) is 0 Å². The van der Waals surface area contributed by atoms with Gasteiger partial charge in [0.2, 0.25) is 0 Å². The van der Waals surface area contributed by atoms with Crippen molar-refractivity contribution in [1.29, 1.82) is 0 Å². The molecule has 3 unspecified atom stereocenters. The predicted octanol–water partition coefficient (Wildman–Crippen LogP) is 3.15. The van der Waals surface area contributed by atoms with E-state index in [2.05, 4.69) is 28.3 Å². The minimum atomic E-state index is -0.675. The van der Waals surface area contributed by atoms with Gasteiger partial charge >= 0.3 is 5.97 Å². The van der Waals surface area contributed by atoms with Crippen molar-refractivity contribution in [2.24, 2.45) is 5.92 Å². The van der Waals surface area contributed by atoms with Gasteiger partial charge in [-0.15, -0.1) is 0 Å². The molecule has 2 aliphatic rings. The van der Waals surface area contributed by atoms with E-state index in [9.17, 15) is 9.90 Å². The third-order valence-electron chi connectivity index (χ3n) is 5.75. The summed E-state index contributed by atoms with van der Waals surface area (Å²) in [4.78, 5) is 13.9. The maximum atomic E-state index is 11.7. The van der Waals surface area contributed by atoms with Crippen LogP contribution in [0.25, 0.3) is 0 Å². The van der Waals surface area contributed by atoms with Crippen LogP contribution in [0.4, 0.5) is 0 Å². The van der Waals surface area contributed by atoms with Gasteiger partial charge in [0, 0.05) is 24.3 Å². The van der Waals surface area contributed by atoms with Gasteiger partial charge in [-0.05, 0) is 30.7 Å². The average molecular weight is 339 g/mol. The van der Waals surface area contributed by atoms with E-state index >= 15 is 0 Å². The van der Waals surface area contributed by atoms with Crippen molar-refractivity contribution in [3.63, 3.8) is 0 Å². The van der Waals surface area contributed by atoms with Crippen molar-refractivity contribution in [3.8, 4) is 0 Å². The van der Waals surface area contributed by atoms with Crippen molar-refractivity contribution in [3.05, 3.63) is 53.9 Å². The molecule has 5 heteroatoms. The van der Waals surface area contributed by atoms with Crippen molar-refractivity contribution in [1.82, 2.24) is 14.7 Å². The first kappa shape index (κ1) is 16.3. The normalized spacial score (nSPS) is 26.5. The summed E-state index contributed by atoms with van der Waals surface area (Å²) in [6, 6.07) is 10.3. The lowest BCUT2D eigenvalue weighted by Crippen LogP contribution is -2.41. The molecule has 2 aromatic rings. The number of fused-ring (bicyclic) bond motifs is 1. The highest BCUT2D eigenvalue weighted by Gasteiger charge is 2.45. The Kier molecular flexibility index (Phi) is 4.57. The van der Waals surface area contributed by atoms with Crippen LogP contribution in [-0.4, -0.2) is 37.8 Å². The SMILES string of the molecule is O=C(O)C1CC2CCCCC2N1Cc1cnn(Cc2ccccc2)c1. The number of likely N-dealkylation sites (tertiary alicyclic amines) is 1. The molecule has 5 nitrogen and oxygen atoms in total. The Morgan fingerprint density at radius 2 is 1.92 bits per heavy atom. The molecular weight excluding hydrogens is 314 g/mol. The molecule has 0 radical (unpaired) electrons. The lowest BCUT2D eigenvalue weighted by Gasteiger charge is -2.32. The Labute approximate surface area is 148 Å². The fourth-order valence-electron chi connectivity index (χ4n) is 4.58. The van der Waals surface area contributed by atoms with Crippen molar-refractivity contribution in [2.75, 3.05) is 0 Å². The van der Waals surface area contributed by atoms with Crippen molar-refractivity contribution < 1.29 is 9.90 Å². The largest absolute Gasteiger partial charge is 0.480 e. The summed E-state index contributed by atoms with van der Waals surface area (Å²) in [6.45, 7) is 1.43. The van der Waals surface area contributed by atoms with Gasteiger partial charge in [0.05, 0.1) is 12.7 Å². The van der Waals surface area contributed by atoms with Gasteiger partial charge in [0.15, 0.2) is 0 Å². The summed E-state index contributed by atoms with van der Waals surface area (Å²) in [5.74, 6) is -0.125. The smallest absolute Gasteiger partial charge is 0.320 e. The lowest BCUT2D eigenvalue weighted by atomic mass is 9.85. The van der Waals surface area contributed by atoms with Crippen molar-refractivity contribution in [2.45, 2.75) is 57.3 Å². The number of rotatable bonds is 5. The molecule has 1 N–H and O–H groups in total. The van der Waals surface area contributed by atoms with Gasteiger partial charge in [-0.2, -0.15) is 5.10 Å². The maximum absolute atomic E-state index is 11.7. The highest BCUT2D eigenvalue weighted by atomic mass is 16.4. The van der Waals surface area contributed by atoms with E-state index in [4.69, 9.17) is 0 Å². The lowest BCUT2D eigenvalue weighted by molar-refractivity contribution is -0.142. The monoisotopic (exact) mass is 339 g/mol. The van der Waals surface area contributed by atoms with Gasteiger partial charge in [-0.1, -0.05) is 43.2 Å². The number of carboxylic acid groups (broad SMARTS) is 1. The van der Waals surface area contributed by atoms with E-state index in [-0.39, 0.29) is 6.04 Å². The predicted molar refractivity (Wildman–Crippen MR) is 95.1 cm³/mol. The Morgan fingerprint density at radius 1 is 1.12 bits per heavy atom. The van der Waals surface area contributed by atoms with Crippen LogP contribution in [0.2, 0.25) is 0 Å². The molecule has 0 bridgehead atoms. The fourth-order valence-corrected chi connectivity index (χ4v) is 4.58. The van der Waals surface area contributed by atoms with Crippen LogP contribution < -0.4 is 0 Å². The van der Waals surface area contributed by atoms with E-state index in [1.54, 1.807) is 0 Å². The zero-order valence-electron chi connectivity index (χ0n) is 14.4. The molecule has 1 aromatic heterocycles. The third kappa shape index (κ3) is 3.47. The summed E-state index contributed by atoms with van der Waals surface area (Å²) in [5, 5.41) is 14.1. The molecular formula is C20H25N3O2. The van der Waals surface area contributed by atoms with E-state index in [1.165, 1.54) is 24.8 Å². The van der Waals surface area contributed by atoms with Gasteiger partial charge in [0.25, 0.3) is 0 Å². The van der Waals surface area contributed by atoms with Gasteiger partial charge < -0.3 is 5.11 Å². The molecule has 0 spiro atoms. The quantitative estimate of drug-likeness (QED) is 0.909. The standard InChI is InChI=1S/C20H25N3O2/c24-20(25)19-10-17-8-4-5-9-18(17)23(19)14-16-11-21-22(13-16)12-15-6-2-1-3-7-15/h1-3,6-7,11,13,17-19H,4-5,8-10,12,14H2,(H,24,25). The minimum absolute atomic E-state index is 0.342. The van der Waals surface area contributed by atoms with Crippen LogP contribution in [-0.2, 0) is 17.9 Å². The molecule has 3 atom stereocenters. The number of benzene rings is 1. The van der Waals surface area contributed by atoms with E-state index in [0.29, 0.717) is 18.5 Å². The van der Waals surface area contributed by atoms with Crippen LogP contribution in [0.1, 0.15) is 43.2 Å². The van der Waals surface area contributed by atoms with Crippen LogP contribution in [0.15, 0.2) is 42.7 Å². The molecule has 2 heterocycles. The highest BCUT2D eigenvalue weighted by molar-refractivity contribution is 5.74. The third-order valence-corrected chi connectivity index (χ3v) is 5.75. The summed E-state index contributed by atoms with van der Waals surface area (Å²) in [6.07, 6.45) is 9.52. The van der Waals surface area contributed by atoms with Gasteiger partial charge in [-0.3, -0.25) is 14.4 Å². The first-order valence-corrected chi connectivity index (χ1v) is 9.24. The summed E-state index contributed by atoms with van der Waals surface area (Å²) in [5.41, 5.74) is 2.32. The Balaban J connectivity index is 1.48. The topological polar surface area (TPSA) is 58.4 Å². The van der Waals surface area contributed by atoms with Crippen LogP contribution in [0.3, 0.4) is 0 Å². The molecule has 1 aliphatic carbocycles. The second kappa shape index (κ2) is 7.00. The molecule has 132 valence electrons. The summed E-state index contributed by atoms with van der Waals surface area (Å²) < 4.78 is 1.94. The first-order valence-electron chi connectivity index (χ1n) is 9.24. The molecule has 1 aromatic carbocycles. The number of aliphatic carboxylic acids is 1. The Hall–Kier alpha value is -2.14. The number of hydrogen-bond donors (Lipinski definition) is 1. The second-order valence-corrected chi connectivity index (χ2v) is 7.41. The molecule has 2 fully saturated rings. The zero-order valence-corrected chi connectivity index (χ0v) is 14.4. The van der Waals surface area contributed by atoms with Crippen molar-refractivity contribution >= 4 is 5.97 Å². The molecule has 4 rings (SSSR count). The first-order chi connectivity index (χ1) is 12.2. The number of carbonyl (C=O) groups is 1. The highest BCUT2D eigenvalue weighted by Crippen LogP contribution is 2.40. The Morgan fingerprint density at radius 3 is 2.72 bits per heavy atom. The maximum Gasteiger partial charge on any atom is 0.320 e. The van der Waals surface area contributed by atoms with Crippen LogP contribution >= 0.6 is 0 Å².